The van der Waals surface area contributed by atoms with Gasteiger partial charge in [0.15, 0.2) is 0 Å². The molecule has 4 heteroatoms. The highest BCUT2D eigenvalue weighted by Gasteiger charge is 2.09. The van der Waals surface area contributed by atoms with Crippen LogP contribution in [0.4, 0.5) is 0 Å². The number of aliphatic hydroxyl groups is 1. The van der Waals surface area contributed by atoms with Crippen molar-refractivity contribution in [1.82, 2.24) is 0 Å². The molecule has 0 amide bonds. The fourth-order valence-corrected chi connectivity index (χ4v) is 0.605. The summed E-state index contributed by atoms with van der Waals surface area (Å²) >= 11 is 0. The van der Waals surface area contributed by atoms with Gasteiger partial charge in [-0.05, 0) is 13.0 Å². The molecule has 15 heavy (non-hydrogen) atoms. The summed E-state index contributed by atoms with van der Waals surface area (Å²) in [7, 11) is 0. The van der Waals surface area contributed by atoms with E-state index in [-0.39, 0.29) is 13.2 Å². The van der Waals surface area contributed by atoms with E-state index in [9.17, 15) is 9.90 Å². The fraction of sp³-hybridized carbons (Fsp3) is 0.364. The van der Waals surface area contributed by atoms with Crippen LogP contribution in [0.25, 0.3) is 0 Å². The molecule has 0 fully saturated rings. The van der Waals surface area contributed by atoms with Crippen LogP contribution in [0.3, 0.4) is 0 Å². The number of ether oxygens (including phenoxy) is 2. The third kappa shape index (κ3) is 6.51. The molecule has 0 aliphatic carbocycles. The number of carbonyl (C=O) groups excluding carboxylic acids is 1. The molecule has 0 radical (unpaired) electrons. The average Bonchev–Trinajstić information content (AvgIpc) is 2.21. The molecule has 0 heterocycles. The fourth-order valence-electron chi connectivity index (χ4n) is 0.605. The summed E-state index contributed by atoms with van der Waals surface area (Å²) in [5.41, 5.74) is 0.290. The molecule has 1 N–H and O–H groups in total. The van der Waals surface area contributed by atoms with E-state index < -0.39 is 12.1 Å². The van der Waals surface area contributed by atoms with E-state index in [4.69, 9.17) is 9.47 Å². The Labute approximate surface area is 89.5 Å². The van der Waals surface area contributed by atoms with Gasteiger partial charge in [-0.2, -0.15) is 0 Å². The smallest absolute Gasteiger partial charge is 0.333 e. The van der Waals surface area contributed by atoms with Gasteiger partial charge in [-0.25, -0.2) is 4.79 Å². The van der Waals surface area contributed by atoms with E-state index in [1.54, 1.807) is 0 Å². The topological polar surface area (TPSA) is 55.8 Å². The van der Waals surface area contributed by atoms with Gasteiger partial charge in [0.25, 0.3) is 0 Å². The van der Waals surface area contributed by atoms with Crippen LogP contribution in [0.2, 0.25) is 0 Å². The third-order valence-electron chi connectivity index (χ3n) is 1.44. The normalized spacial score (nSPS) is 11.3. The van der Waals surface area contributed by atoms with Gasteiger partial charge >= 0.3 is 5.97 Å². The number of esters is 1. The van der Waals surface area contributed by atoms with Gasteiger partial charge in [0.2, 0.25) is 0 Å². The van der Waals surface area contributed by atoms with Crippen LogP contribution in [-0.2, 0) is 14.3 Å². The van der Waals surface area contributed by atoms with Crippen molar-refractivity contribution in [2.24, 2.45) is 0 Å². The molecule has 0 spiro atoms. The first-order valence-electron chi connectivity index (χ1n) is 4.42. The summed E-state index contributed by atoms with van der Waals surface area (Å²) in [6.45, 7) is 11.7. The van der Waals surface area contributed by atoms with Gasteiger partial charge in [0, 0.05) is 5.57 Å². The Balaban J connectivity index is 3.70. The van der Waals surface area contributed by atoms with Crippen molar-refractivity contribution in [2.45, 2.75) is 13.0 Å². The SMILES string of the molecule is C=CC(=C)OCC(O)COC(=O)C(=C)C. The highest BCUT2D eigenvalue weighted by molar-refractivity contribution is 5.86. The molecule has 0 saturated heterocycles. The van der Waals surface area contributed by atoms with Crippen molar-refractivity contribution in [1.29, 1.82) is 0 Å². The van der Waals surface area contributed by atoms with Crippen LogP contribution in [0.15, 0.2) is 37.1 Å². The summed E-state index contributed by atoms with van der Waals surface area (Å²) in [4.78, 5) is 10.9. The minimum absolute atomic E-state index is 0.00826. The lowest BCUT2D eigenvalue weighted by Crippen LogP contribution is -2.23. The second-order valence-electron chi connectivity index (χ2n) is 3.01. The highest BCUT2D eigenvalue weighted by Crippen LogP contribution is 1.98. The maximum Gasteiger partial charge on any atom is 0.333 e. The van der Waals surface area contributed by atoms with Crippen LogP contribution in [0, 0.1) is 0 Å². The largest absolute Gasteiger partial charge is 0.491 e. The Bertz CT molecular complexity index is 268. The summed E-state index contributed by atoms with van der Waals surface area (Å²) < 4.78 is 9.68. The molecule has 0 aliphatic heterocycles. The highest BCUT2D eigenvalue weighted by atomic mass is 16.5. The van der Waals surface area contributed by atoms with Crippen LogP contribution in [-0.4, -0.2) is 30.4 Å². The molecule has 0 aromatic heterocycles. The molecular weight excluding hydrogens is 196 g/mol. The van der Waals surface area contributed by atoms with Crippen molar-refractivity contribution in [3.05, 3.63) is 37.1 Å². The van der Waals surface area contributed by atoms with E-state index in [0.29, 0.717) is 11.3 Å². The molecule has 0 rings (SSSR count). The van der Waals surface area contributed by atoms with Gasteiger partial charge in [-0.3, -0.25) is 0 Å². The first-order valence-corrected chi connectivity index (χ1v) is 4.42. The summed E-state index contributed by atoms with van der Waals surface area (Å²) in [6.07, 6.45) is 0.539. The van der Waals surface area contributed by atoms with Gasteiger partial charge in [-0.1, -0.05) is 19.7 Å². The maximum absolute atomic E-state index is 10.9. The zero-order chi connectivity index (χ0) is 11.8. The number of hydrogen-bond donors (Lipinski definition) is 1. The van der Waals surface area contributed by atoms with Crippen molar-refractivity contribution in [3.63, 3.8) is 0 Å². The Morgan fingerprint density at radius 2 is 1.93 bits per heavy atom. The summed E-state index contributed by atoms with van der Waals surface area (Å²) in [6, 6.07) is 0. The number of aliphatic hydroxyl groups excluding tert-OH is 1. The van der Waals surface area contributed by atoms with E-state index in [2.05, 4.69) is 19.7 Å². The summed E-state index contributed by atoms with van der Waals surface area (Å²) in [5.74, 6) is -0.170. The molecule has 1 atom stereocenters. The number of carbonyl (C=O) groups is 1. The Morgan fingerprint density at radius 3 is 2.40 bits per heavy atom. The van der Waals surface area contributed by atoms with Gasteiger partial charge in [-0.15, -0.1) is 0 Å². The molecule has 1 unspecified atom stereocenters. The minimum atomic E-state index is -0.884. The van der Waals surface area contributed by atoms with Gasteiger partial charge in [0.05, 0.1) is 0 Å². The standard InChI is InChI=1S/C11H16O4/c1-5-9(4)14-6-10(12)7-15-11(13)8(2)3/h5,10,12H,1-2,4,6-7H2,3H3. The molecule has 0 saturated carbocycles. The van der Waals surface area contributed by atoms with Crippen LogP contribution < -0.4 is 0 Å². The number of allylic oxidation sites excluding steroid dienone is 1. The van der Waals surface area contributed by atoms with E-state index in [1.165, 1.54) is 13.0 Å². The van der Waals surface area contributed by atoms with Crippen LogP contribution in [0.1, 0.15) is 6.92 Å². The van der Waals surface area contributed by atoms with E-state index in [0.717, 1.165) is 0 Å². The Morgan fingerprint density at radius 1 is 1.40 bits per heavy atom. The second kappa shape index (κ2) is 6.84. The maximum atomic E-state index is 10.9. The predicted octanol–water partition coefficient (Wildman–Crippen LogP) is 1.18. The number of hydrogen-bond acceptors (Lipinski definition) is 4. The Kier molecular flexibility index (Phi) is 6.13. The monoisotopic (exact) mass is 212 g/mol. The van der Waals surface area contributed by atoms with Crippen molar-refractivity contribution >= 4 is 5.97 Å². The molecule has 0 aromatic carbocycles. The minimum Gasteiger partial charge on any atom is -0.491 e. The molecule has 84 valence electrons. The van der Waals surface area contributed by atoms with Gasteiger partial charge < -0.3 is 14.6 Å². The first kappa shape index (κ1) is 13.4. The molecule has 0 aromatic rings. The lowest BCUT2D eigenvalue weighted by Gasteiger charge is -2.12. The second-order valence-corrected chi connectivity index (χ2v) is 3.01. The van der Waals surface area contributed by atoms with Crippen LogP contribution in [0.5, 0.6) is 0 Å². The zero-order valence-electron chi connectivity index (χ0n) is 8.86. The van der Waals surface area contributed by atoms with Crippen LogP contribution >= 0.6 is 0 Å². The lowest BCUT2D eigenvalue weighted by molar-refractivity contribution is -0.142. The molecule has 4 nitrogen and oxygen atoms in total. The zero-order valence-corrected chi connectivity index (χ0v) is 8.86. The van der Waals surface area contributed by atoms with Crippen molar-refractivity contribution in [2.75, 3.05) is 13.2 Å². The van der Waals surface area contributed by atoms with E-state index in [1.807, 2.05) is 0 Å². The van der Waals surface area contributed by atoms with Crippen molar-refractivity contribution < 1.29 is 19.4 Å². The van der Waals surface area contributed by atoms with Gasteiger partial charge in [0.1, 0.15) is 25.1 Å². The van der Waals surface area contributed by atoms with Crippen molar-refractivity contribution in [3.8, 4) is 0 Å². The quantitative estimate of drug-likeness (QED) is 0.298. The molecular formula is C11H16O4. The Hall–Kier alpha value is -1.55. The molecule has 0 bridgehead atoms. The summed E-state index contributed by atoms with van der Waals surface area (Å²) in [5, 5.41) is 9.32. The molecule has 0 aliphatic rings. The predicted molar refractivity (Wildman–Crippen MR) is 57.1 cm³/mol. The first-order chi connectivity index (χ1) is 6.97. The number of rotatable bonds is 7. The third-order valence-corrected chi connectivity index (χ3v) is 1.44. The van der Waals surface area contributed by atoms with E-state index >= 15 is 0 Å². The average molecular weight is 212 g/mol. The lowest BCUT2D eigenvalue weighted by atomic mass is 10.3.